The van der Waals surface area contributed by atoms with Gasteiger partial charge in [-0.2, -0.15) is 0 Å². The second-order valence-corrected chi connectivity index (χ2v) is 3.48. The van der Waals surface area contributed by atoms with Crippen molar-refractivity contribution in [3.05, 3.63) is 12.7 Å². The van der Waals surface area contributed by atoms with Crippen molar-refractivity contribution in [2.24, 2.45) is 0 Å². The minimum absolute atomic E-state index is 0.0535. The Hall–Kier alpha value is -1.56. The first-order chi connectivity index (χ1) is 8.06. The van der Waals surface area contributed by atoms with Gasteiger partial charge in [-0.15, -0.1) is 6.58 Å². The van der Waals surface area contributed by atoms with E-state index in [9.17, 15) is 9.59 Å². The molecule has 6 nitrogen and oxygen atoms in total. The summed E-state index contributed by atoms with van der Waals surface area (Å²) in [4.78, 5) is 23.9. The minimum Gasteiger partial charge on any atom is -0.479 e. The summed E-state index contributed by atoms with van der Waals surface area (Å²) in [5, 5.41) is 11.2. The molecule has 0 bridgehead atoms. The molecular weight excluding hydrogens is 224 g/mol. The Morgan fingerprint density at radius 2 is 2.24 bits per heavy atom. The lowest BCUT2D eigenvalue weighted by molar-refractivity contribution is -0.148. The number of ether oxygens (including phenoxy) is 1. The number of urea groups is 1. The Balaban J connectivity index is 4.20. The molecule has 0 aliphatic carbocycles. The van der Waals surface area contributed by atoms with Crippen LogP contribution < -0.4 is 5.32 Å². The van der Waals surface area contributed by atoms with Gasteiger partial charge in [-0.3, -0.25) is 0 Å². The van der Waals surface area contributed by atoms with Gasteiger partial charge in [0.2, 0.25) is 0 Å². The van der Waals surface area contributed by atoms with E-state index in [1.54, 1.807) is 11.0 Å². The molecule has 0 radical (unpaired) electrons. The highest BCUT2D eigenvalue weighted by molar-refractivity contribution is 5.77. The molecule has 0 aromatic heterocycles. The van der Waals surface area contributed by atoms with Crippen LogP contribution in [0, 0.1) is 0 Å². The van der Waals surface area contributed by atoms with Gasteiger partial charge in [-0.05, 0) is 6.42 Å². The fourth-order valence-corrected chi connectivity index (χ4v) is 1.26. The highest BCUT2D eigenvalue weighted by Crippen LogP contribution is 1.94. The van der Waals surface area contributed by atoms with E-state index in [0.29, 0.717) is 13.1 Å². The third kappa shape index (κ3) is 5.91. The fraction of sp³-hybridized carbons (Fsp3) is 0.636. The van der Waals surface area contributed by atoms with E-state index in [0.717, 1.165) is 6.42 Å². The Labute approximate surface area is 101 Å². The van der Waals surface area contributed by atoms with Crippen LogP contribution in [0.25, 0.3) is 0 Å². The van der Waals surface area contributed by atoms with Crippen LogP contribution in [0.1, 0.15) is 13.3 Å². The maximum atomic E-state index is 11.7. The normalized spacial score (nSPS) is 11.6. The van der Waals surface area contributed by atoms with E-state index >= 15 is 0 Å². The zero-order valence-corrected chi connectivity index (χ0v) is 10.3. The average Bonchev–Trinajstić information content (AvgIpc) is 2.28. The predicted molar refractivity (Wildman–Crippen MR) is 63.9 cm³/mol. The first kappa shape index (κ1) is 15.4. The summed E-state index contributed by atoms with van der Waals surface area (Å²) in [7, 11) is 1.29. The van der Waals surface area contributed by atoms with Crippen LogP contribution in [0.3, 0.4) is 0 Å². The zero-order valence-electron chi connectivity index (χ0n) is 10.3. The van der Waals surface area contributed by atoms with Gasteiger partial charge >= 0.3 is 12.0 Å². The molecule has 0 aromatic rings. The summed E-state index contributed by atoms with van der Waals surface area (Å²) in [6.07, 6.45) is 1.43. The number of methoxy groups -OCH3 is 1. The highest BCUT2D eigenvalue weighted by atomic mass is 16.5. The number of nitrogens with one attached hydrogen (secondary N) is 1. The van der Waals surface area contributed by atoms with Crippen molar-refractivity contribution in [3.8, 4) is 0 Å². The molecule has 0 aliphatic heterocycles. The van der Waals surface area contributed by atoms with Crippen LogP contribution >= 0.6 is 0 Å². The molecular formula is C11H20N2O4. The second-order valence-electron chi connectivity index (χ2n) is 3.48. The van der Waals surface area contributed by atoms with Gasteiger partial charge in [0.25, 0.3) is 0 Å². The first-order valence-corrected chi connectivity index (χ1v) is 5.46. The maximum Gasteiger partial charge on any atom is 0.334 e. The van der Waals surface area contributed by atoms with Crippen molar-refractivity contribution in [1.29, 1.82) is 0 Å². The number of hydrogen-bond acceptors (Lipinski definition) is 3. The fourth-order valence-electron chi connectivity index (χ4n) is 1.26. The van der Waals surface area contributed by atoms with Crippen LogP contribution in [0.15, 0.2) is 12.7 Å². The zero-order chi connectivity index (χ0) is 13.3. The number of aliphatic carboxylic acids is 1. The summed E-state index contributed by atoms with van der Waals surface area (Å²) in [5.41, 5.74) is 0. The van der Waals surface area contributed by atoms with E-state index in [1.807, 2.05) is 6.92 Å². The molecule has 0 rings (SSSR count). The van der Waals surface area contributed by atoms with Crippen molar-refractivity contribution < 1.29 is 19.4 Å². The quantitative estimate of drug-likeness (QED) is 0.616. The minimum atomic E-state index is -1.10. The smallest absolute Gasteiger partial charge is 0.334 e. The van der Waals surface area contributed by atoms with Gasteiger partial charge in [0, 0.05) is 20.2 Å². The molecule has 98 valence electrons. The van der Waals surface area contributed by atoms with Gasteiger partial charge in [-0.25, -0.2) is 9.59 Å². The lowest BCUT2D eigenvalue weighted by Crippen LogP contribution is -2.45. The van der Waals surface area contributed by atoms with Crippen molar-refractivity contribution in [1.82, 2.24) is 10.2 Å². The van der Waals surface area contributed by atoms with Crippen LogP contribution in [0.5, 0.6) is 0 Å². The summed E-state index contributed by atoms with van der Waals surface area (Å²) in [6, 6.07) is -0.310. The van der Waals surface area contributed by atoms with E-state index < -0.39 is 12.1 Å². The number of carboxylic acid groups (broad SMARTS) is 1. The lowest BCUT2D eigenvalue weighted by Gasteiger charge is -2.21. The molecule has 2 amide bonds. The molecule has 6 heteroatoms. The van der Waals surface area contributed by atoms with Crippen LogP contribution in [0.4, 0.5) is 4.79 Å². The molecule has 0 spiro atoms. The number of amides is 2. The van der Waals surface area contributed by atoms with Gasteiger partial charge in [0.1, 0.15) is 0 Å². The van der Waals surface area contributed by atoms with Crippen molar-refractivity contribution in [2.45, 2.75) is 19.4 Å². The number of hydrogen-bond donors (Lipinski definition) is 2. The number of rotatable bonds is 8. The summed E-state index contributed by atoms with van der Waals surface area (Å²) >= 11 is 0. The van der Waals surface area contributed by atoms with Crippen LogP contribution in [-0.4, -0.2) is 54.9 Å². The molecule has 0 heterocycles. The van der Waals surface area contributed by atoms with E-state index in [2.05, 4.69) is 11.9 Å². The van der Waals surface area contributed by atoms with Gasteiger partial charge in [0.15, 0.2) is 6.10 Å². The Bertz CT molecular complexity index is 268. The molecule has 0 aromatic carbocycles. The van der Waals surface area contributed by atoms with E-state index in [-0.39, 0.29) is 12.6 Å². The highest BCUT2D eigenvalue weighted by Gasteiger charge is 2.18. The number of nitrogens with zero attached hydrogens (tertiary/aromatic N) is 1. The molecule has 17 heavy (non-hydrogen) atoms. The number of carbonyl (C=O) groups excluding carboxylic acids is 1. The molecule has 0 saturated carbocycles. The number of carbonyl (C=O) groups is 2. The van der Waals surface area contributed by atoms with Crippen LogP contribution in [0.2, 0.25) is 0 Å². The summed E-state index contributed by atoms with van der Waals surface area (Å²) in [5.74, 6) is -1.10. The van der Waals surface area contributed by atoms with Gasteiger partial charge in [0.05, 0.1) is 6.54 Å². The Morgan fingerprint density at radius 3 is 2.65 bits per heavy atom. The number of carboxylic acids is 1. The standard InChI is InChI=1S/C11H20N2O4/c1-4-6-13(7-5-2)11(16)12-8-9(17-3)10(14)15/h4,9H,1,5-8H2,2-3H3,(H,12,16)(H,14,15). The van der Waals surface area contributed by atoms with Crippen molar-refractivity contribution in [3.63, 3.8) is 0 Å². The second kappa shape index (κ2) is 8.58. The molecule has 2 N–H and O–H groups in total. The van der Waals surface area contributed by atoms with Crippen molar-refractivity contribution in [2.75, 3.05) is 26.7 Å². The van der Waals surface area contributed by atoms with E-state index in [1.165, 1.54) is 7.11 Å². The molecule has 0 aliphatic rings. The first-order valence-electron chi connectivity index (χ1n) is 5.46. The van der Waals surface area contributed by atoms with Crippen LogP contribution in [-0.2, 0) is 9.53 Å². The molecule has 1 unspecified atom stereocenters. The van der Waals surface area contributed by atoms with E-state index in [4.69, 9.17) is 9.84 Å². The SMILES string of the molecule is C=CCN(CCC)C(=O)NCC(OC)C(=O)O. The summed E-state index contributed by atoms with van der Waals surface area (Å²) in [6.45, 7) is 6.50. The Kier molecular flexibility index (Phi) is 7.79. The van der Waals surface area contributed by atoms with Gasteiger partial charge in [-0.1, -0.05) is 13.0 Å². The average molecular weight is 244 g/mol. The predicted octanol–water partition coefficient (Wildman–Crippen LogP) is 0.694. The molecule has 0 fully saturated rings. The third-order valence-corrected chi connectivity index (χ3v) is 2.13. The summed E-state index contributed by atoms with van der Waals surface area (Å²) < 4.78 is 4.71. The molecule has 0 saturated heterocycles. The largest absolute Gasteiger partial charge is 0.479 e. The monoisotopic (exact) mass is 244 g/mol. The molecule has 1 atom stereocenters. The lowest BCUT2D eigenvalue weighted by atomic mass is 10.3. The van der Waals surface area contributed by atoms with Gasteiger partial charge < -0.3 is 20.1 Å². The topological polar surface area (TPSA) is 78.9 Å². The van der Waals surface area contributed by atoms with Crippen molar-refractivity contribution >= 4 is 12.0 Å². The maximum absolute atomic E-state index is 11.7. The third-order valence-electron chi connectivity index (χ3n) is 2.13. The Morgan fingerprint density at radius 1 is 1.59 bits per heavy atom.